The van der Waals surface area contributed by atoms with E-state index in [4.69, 9.17) is 96.3 Å². The van der Waals surface area contributed by atoms with Crippen molar-refractivity contribution in [3.8, 4) is 28.7 Å². The van der Waals surface area contributed by atoms with E-state index in [-0.39, 0.29) is 94.6 Å². The first kappa shape index (κ1) is 83.2. The summed E-state index contributed by atoms with van der Waals surface area (Å²) in [7, 11) is 1.53. The molecule has 0 aromatic heterocycles. The summed E-state index contributed by atoms with van der Waals surface area (Å²) in [5, 5.41) is 11.1. The summed E-state index contributed by atoms with van der Waals surface area (Å²) in [5.41, 5.74) is 27.5. The van der Waals surface area contributed by atoms with Gasteiger partial charge < -0.3 is 36.9 Å². The number of fused-ring (bicyclic) bond motifs is 5. The molecule has 0 radical (unpaired) electrons. The number of hydrogen-bond donors (Lipinski definition) is 4. The molecule has 7 aromatic rings. The van der Waals surface area contributed by atoms with E-state index >= 15 is 0 Å². The second-order valence-corrected chi connectivity index (χ2v) is 30.1. The molecule has 7 aromatic carbocycles. The van der Waals surface area contributed by atoms with Crippen molar-refractivity contribution in [2.75, 3.05) is 39.9 Å². The van der Waals surface area contributed by atoms with Gasteiger partial charge in [0.2, 0.25) is 11.8 Å². The number of carbonyl (C=O) groups excluding carboxylic acids is 8. The highest BCUT2D eigenvalue weighted by atomic mass is 35.6. The highest BCUT2D eigenvalue weighted by Gasteiger charge is 2.53. The third-order valence-corrected chi connectivity index (χ3v) is 20.7. The minimum absolute atomic E-state index is 0.0218. The molecule has 5 atom stereocenters. The first-order valence-electron chi connectivity index (χ1n) is 34.5. The predicted octanol–water partition coefficient (Wildman–Crippen LogP) is 15.7. The van der Waals surface area contributed by atoms with Gasteiger partial charge in [0, 0.05) is 99.5 Å². The molecule has 0 spiro atoms. The zero-order chi connectivity index (χ0) is 75.7. The topological polar surface area (TPSA) is 272 Å². The Morgan fingerprint density at radius 3 is 1.68 bits per heavy atom. The van der Waals surface area contributed by atoms with Gasteiger partial charge in [-0.15, -0.1) is 0 Å². The summed E-state index contributed by atoms with van der Waals surface area (Å²) in [4.78, 5) is 104. The highest BCUT2D eigenvalue weighted by molar-refractivity contribution is 6.88. The fourth-order valence-corrected chi connectivity index (χ4v) is 13.2. The fourth-order valence-electron chi connectivity index (χ4n) is 12.7. The van der Waals surface area contributed by atoms with Gasteiger partial charge in [0.25, 0.3) is 9.03 Å². The van der Waals surface area contributed by atoms with E-state index in [2.05, 4.69) is 54.4 Å². The van der Waals surface area contributed by atoms with Crippen LogP contribution in [0.15, 0.2) is 183 Å². The Morgan fingerprint density at radius 1 is 0.673 bits per heavy atom. The van der Waals surface area contributed by atoms with Crippen molar-refractivity contribution in [1.29, 1.82) is 5.26 Å². The molecule has 1 unspecified atom stereocenters. The van der Waals surface area contributed by atoms with E-state index in [1.54, 1.807) is 37.3 Å². The van der Waals surface area contributed by atoms with Crippen LogP contribution in [0, 0.1) is 30.1 Å². The molecule has 22 heteroatoms. The summed E-state index contributed by atoms with van der Waals surface area (Å²) in [6.45, 7) is 8.10. The molecule has 3 fully saturated rings. The minimum Gasteiger partial charge on any atom is -0.492 e. The number of nitrogens with two attached hydrogens (primary N) is 3. The molecule has 4 bridgehead atoms. The summed E-state index contributed by atoms with van der Waals surface area (Å²) in [5.74, 6) is -1.05. The maximum atomic E-state index is 14.8. The van der Waals surface area contributed by atoms with Crippen molar-refractivity contribution >= 4 is 122 Å². The number of likely N-dealkylation sites (N-methyl/N-ethyl adjacent to an activating group) is 1. The number of nitrogens with zero attached hydrogens (tertiary/aromatic N) is 2. The van der Waals surface area contributed by atoms with E-state index in [1.807, 2.05) is 122 Å². The van der Waals surface area contributed by atoms with Crippen LogP contribution in [0.25, 0.3) is 17.2 Å². The van der Waals surface area contributed by atoms with E-state index in [1.165, 1.54) is 34.2 Å². The lowest BCUT2D eigenvalue weighted by atomic mass is 9.68. The Labute approximate surface area is 639 Å². The van der Waals surface area contributed by atoms with Crippen molar-refractivity contribution in [3.63, 3.8) is 0 Å². The summed E-state index contributed by atoms with van der Waals surface area (Å²) < 4.78 is 9.12. The molecule has 0 saturated heterocycles. The van der Waals surface area contributed by atoms with Crippen molar-refractivity contribution in [1.82, 2.24) is 10.2 Å². The number of benzene rings is 7. The van der Waals surface area contributed by atoms with Gasteiger partial charge in [0.15, 0.2) is 27.5 Å². The van der Waals surface area contributed by atoms with Crippen LogP contribution in [0.4, 0.5) is 0 Å². The molecule has 3 saturated carbocycles. The number of carbonyl (C=O) groups is 8. The molecule has 1 heterocycles. The summed E-state index contributed by atoms with van der Waals surface area (Å²) in [6, 6.07) is 56.8. The van der Waals surface area contributed by atoms with E-state index < -0.39 is 54.9 Å². The third-order valence-electron chi connectivity index (χ3n) is 18.6. The number of nitriles is 1. The number of halogens is 6. The number of hydrogen-bond acceptors (Lipinski definition) is 14. The van der Waals surface area contributed by atoms with Gasteiger partial charge in [-0.25, -0.2) is 0 Å². The Bertz CT molecular complexity index is 4120. The van der Waals surface area contributed by atoms with Crippen LogP contribution in [0.2, 0.25) is 0 Å². The highest BCUT2D eigenvalue weighted by Crippen LogP contribution is 2.51. The van der Waals surface area contributed by atoms with Crippen LogP contribution in [-0.2, 0) is 40.0 Å². The number of amides is 2. The number of rotatable bonds is 21. The quantitative estimate of drug-likeness (QED) is 0.0296. The zero-order valence-corrected chi connectivity index (χ0v) is 63.0. The van der Waals surface area contributed by atoms with E-state index in [0.29, 0.717) is 69.3 Å². The second-order valence-electron chi connectivity index (χ2n) is 26.1. The molecular formula is C82H88Cl6N6O10. The lowest BCUT2D eigenvalue weighted by molar-refractivity contribution is -0.142. The lowest BCUT2D eigenvalue weighted by Gasteiger charge is -2.38. The SMILES string of the molecule is C=Cc1ccccc1.Cc1cc(C2CC(c3ccccc3)C2)ccc1C(=O)C[C@@H](CCN)C(=O)N(C)[C@@H]1C(=O)C[C@@H](C)C(=O)N[C@H](C(=O)CCC#N)Cc2ccc(OCCN)c(c2)-c2cc1ccc2OCCN.O=C(Cl)C(Cl)(Cl)Cl.O=C1CC(c2ccccc2)C1.O=C1CC(c2ccccc2)C1(Cl)Cl. The first-order chi connectivity index (χ1) is 49.7. The van der Waals surface area contributed by atoms with E-state index in [0.717, 1.165) is 36.8 Å². The number of Topliss-reactive ketones (excluding diaryl/α,β-unsaturated/α-hetero) is 5. The first-order valence-corrected chi connectivity index (χ1v) is 36.8. The maximum Gasteiger partial charge on any atom is 0.273 e. The van der Waals surface area contributed by atoms with Gasteiger partial charge >= 0.3 is 0 Å². The van der Waals surface area contributed by atoms with Gasteiger partial charge in [0.1, 0.15) is 36.5 Å². The molecule has 11 rings (SSSR count). The van der Waals surface area contributed by atoms with Crippen LogP contribution in [0.5, 0.6) is 11.5 Å². The average molecular weight is 1530 g/mol. The zero-order valence-electron chi connectivity index (χ0n) is 58.4. The molecule has 3 aliphatic carbocycles. The summed E-state index contributed by atoms with van der Waals surface area (Å²) in [6.07, 6.45) is 5.71. The Balaban J connectivity index is 0.000000306. The molecule has 548 valence electrons. The van der Waals surface area contributed by atoms with Gasteiger partial charge in [-0.05, 0) is 137 Å². The standard InChI is InChI=1S/C52H62N6O7.C10H8Cl2O.C10H10O.C8H8.C2Cl4O/c1-32-24-36(40-28-39(29-40)35-8-5-4-6-9-35)12-14-41(32)46(60)31-38(17-19-54)52(63)58(3)50-37-13-16-49(65-23-21-56)43(30-37)42-26-34(11-15-48(42)64-22-20-55)27-44(45(59)10-7-18-53)57-51(62)33(2)25-47(50)61;11-10(12)8(6-9(10)13)7-4-2-1-3-5-7;11-10-6-9(7-10)8-4-2-1-3-5-8;1-2-8-6-4-3-5-7-8;3-1(7)2(4,5)6/h4-6,8-9,11-16,24,26,30,33,38-40,44,50H,7,10,17,19-23,25,27-29,31,54-56H2,1-3H3,(H,57,62);1-5,8H,6H2;1-5,9H,6-7H2;2-7H,1H2;/t33-,38-,39?,40?,44+,50+;;;;/m1..../s1. The number of alkyl halides is 5. The molecule has 1 aliphatic heterocycles. The Morgan fingerprint density at radius 2 is 1.19 bits per heavy atom. The maximum absolute atomic E-state index is 14.8. The average Bonchev–Trinajstić information content (AvgIpc) is 0.776. The normalized spacial score (nSPS) is 19.0. The van der Waals surface area contributed by atoms with Crippen LogP contribution in [-0.4, -0.2) is 105 Å². The predicted molar refractivity (Wildman–Crippen MR) is 414 cm³/mol. The van der Waals surface area contributed by atoms with Crippen LogP contribution < -0.4 is 32.0 Å². The van der Waals surface area contributed by atoms with Crippen molar-refractivity contribution in [2.45, 2.75) is 128 Å². The minimum atomic E-state index is -1.96. The molecule has 2 amide bonds. The number of ketones is 5. The Kier molecular flexibility index (Phi) is 32.4. The molecular weight excluding hydrogens is 1440 g/mol. The fraction of sp³-hybridized carbons (Fsp3) is 0.354. The van der Waals surface area contributed by atoms with Crippen molar-refractivity contribution in [3.05, 3.63) is 233 Å². The van der Waals surface area contributed by atoms with Crippen LogP contribution >= 0.6 is 69.6 Å². The van der Waals surface area contributed by atoms with Gasteiger partial charge in [-0.1, -0.05) is 229 Å². The van der Waals surface area contributed by atoms with Crippen LogP contribution in [0.3, 0.4) is 0 Å². The number of aryl methyl sites for hydroxylation is 1. The molecule has 104 heavy (non-hydrogen) atoms. The Hall–Kier alpha value is -8.05. The van der Waals surface area contributed by atoms with Gasteiger partial charge in [0.05, 0.1) is 12.1 Å². The lowest BCUT2D eigenvalue weighted by Crippen LogP contribution is -2.46. The number of ether oxygens (including phenoxy) is 2. The van der Waals surface area contributed by atoms with Gasteiger partial charge in [-0.2, -0.15) is 5.26 Å². The molecule has 16 nitrogen and oxygen atoms in total. The second kappa shape index (κ2) is 40.4. The van der Waals surface area contributed by atoms with Gasteiger partial charge in [-0.3, -0.25) is 38.4 Å². The summed E-state index contributed by atoms with van der Waals surface area (Å²) >= 11 is 31.2. The molecule has 7 N–H and O–H groups in total. The van der Waals surface area contributed by atoms with Crippen LogP contribution in [0.1, 0.15) is 156 Å². The smallest absolute Gasteiger partial charge is 0.273 e. The third kappa shape index (κ3) is 23.5. The van der Waals surface area contributed by atoms with E-state index in [9.17, 15) is 43.6 Å². The van der Waals surface area contributed by atoms with Crippen molar-refractivity contribution in [2.24, 2.45) is 29.0 Å². The monoisotopic (exact) mass is 1530 g/mol. The largest absolute Gasteiger partial charge is 0.492 e. The van der Waals surface area contributed by atoms with Crippen molar-refractivity contribution < 1.29 is 47.8 Å². The number of nitrogens with one attached hydrogen (secondary N) is 1. The molecule has 4 aliphatic rings.